The van der Waals surface area contributed by atoms with Crippen LogP contribution in [0, 0.1) is 6.92 Å². The Bertz CT molecular complexity index is 678. The van der Waals surface area contributed by atoms with E-state index in [0.717, 1.165) is 15.9 Å². The first kappa shape index (κ1) is 16.3. The Balaban J connectivity index is 1.98. The summed E-state index contributed by atoms with van der Waals surface area (Å²) in [6.45, 7) is 4.57. The number of allylic oxidation sites excluding steroid dienone is 1. The van der Waals surface area contributed by atoms with Crippen molar-refractivity contribution in [3.8, 4) is 5.75 Å². The molecular weight excluding hydrogens is 342 g/mol. The number of benzene rings is 2. The fraction of sp³-hybridized carbons (Fsp3) is 0.167. The Morgan fingerprint density at radius 3 is 2.59 bits per heavy atom. The van der Waals surface area contributed by atoms with Gasteiger partial charge in [0.15, 0.2) is 5.78 Å². The third-order valence-corrected chi connectivity index (χ3v) is 3.70. The number of carbonyl (C=O) groups is 1. The average Bonchev–Trinajstić information content (AvgIpc) is 2.50. The Labute approximate surface area is 139 Å². The molecule has 3 nitrogen and oxygen atoms in total. The molecule has 0 radical (unpaired) electrons. The molecule has 0 saturated heterocycles. The second-order valence-corrected chi connectivity index (χ2v) is 5.64. The monoisotopic (exact) mass is 359 g/mol. The number of rotatable bonds is 6. The van der Waals surface area contributed by atoms with Crippen molar-refractivity contribution in [3.63, 3.8) is 0 Å². The van der Waals surface area contributed by atoms with Crippen LogP contribution in [-0.2, 0) is 0 Å². The van der Waals surface area contributed by atoms with E-state index in [0.29, 0.717) is 12.2 Å². The fourth-order valence-corrected chi connectivity index (χ4v) is 2.53. The molecule has 0 heterocycles. The molecule has 114 valence electrons. The molecular formula is C18H18BrNO2. The molecule has 0 amide bonds. The lowest BCUT2D eigenvalue weighted by molar-refractivity contribution is 0.104. The van der Waals surface area contributed by atoms with E-state index in [-0.39, 0.29) is 5.78 Å². The second-order valence-electron chi connectivity index (χ2n) is 4.78. The summed E-state index contributed by atoms with van der Waals surface area (Å²) in [5.74, 6) is 0.712. The van der Waals surface area contributed by atoms with Gasteiger partial charge in [0.25, 0.3) is 0 Å². The van der Waals surface area contributed by atoms with Gasteiger partial charge in [0, 0.05) is 22.3 Å². The molecule has 0 unspecified atom stereocenters. The van der Waals surface area contributed by atoms with Crippen LogP contribution in [-0.4, -0.2) is 12.4 Å². The molecule has 0 aliphatic heterocycles. The van der Waals surface area contributed by atoms with Crippen molar-refractivity contribution in [1.29, 1.82) is 0 Å². The number of hydrogen-bond donors (Lipinski definition) is 1. The lowest BCUT2D eigenvalue weighted by Crippen LogP contribution is -1.97. The van der Waals surface area contributed by atoms with E-state index in [9.17, 15) is 4.79 Å². The van der Waals surface area contributed by atoms with Crippen molar-refractivity contribution in [2.24, 2.45) is 0 Å². The highest BCUT2D eigenvalue weighted by molar-refractivity contribution is 9.10. The third kappa shape index (κ3) is 4.46. The molecule has 0 atom stereocenters. The van der Waals surface area contributed by atoms with E-state index in [2.05, 4.69) is 21.2 Å². The van der Waals surface area contributed by atoms with E-state index in [1.807, 2.05) is 32.0 Å². The maximum Gasteiger partial charge on any atom is 0.187 e. The van der Waals surface area contributed by atoms with E-state index in [1.165, 1.54) is 11.6 Å². The van der Waals surface area contributed by atoms with Gasteiger partial charge in [0.2, 0.25) is 0 Å². The molecule has 0 saturated carbocycles. The zero-order valence-electron chi connectivity index (χ0n) is 12.6. The van der Waals surface area contributed by atoms with E-state index < -0.39 is 0 Å². The number of ketones is 1. The first-order chi connectivity index (χ1) is 10.6. The van der Waals surface area contributed by atoms with Gasteiger partial charge in [-0.15, -0.1) is 0 Å². The highest BCUT2D eigenvalue weighted by Gasteiger charge is 2.02. The van der Waals surface area contributed by atoms with Crippen molar-refractivity contribution in [2.75, 3.05) is 11.9 Å². The largest absolute Gasteiger partial charge is 0.494 e. The first-order valence-electron chi connectivity index (χ1n) is 7.06. The minimum Gasteiger partial charge on any atom is -0.494 e. The molecule has 2 aromatic rings. The van der Waals surface area contributed by atoms with Crippen LogP contribution >= 0.6 is 15.9 Å². The number of anilines is 1. The quantitative estimate of drug-likeness (QED) is 0.584. The zero-order chi connectivity index (χ0) is 15.9. The SMILES string of the molecule is CCOc1ccc(C(=O)C=CNc2ccc(C)cc2Br)cc1. The molecule has 0 aromatic heterocycles. The third-order valence-electron chi connectivity index (χ3n) is 3.05. The maximum atomic E-state index is 12.1. The fourth-order valence-electron chi connectivity index (χ4n) is 1.92. The molecule has 2 aromatic carbocycles. The molecule has 0 aliphatic carbocycles. The van der Waals surface area contributed by atoms with Crippen LogP contribution in [0.2, 0.25) is 0 Å². The van der Waals surface area contributed by atoms with Gasteiger partial charge in [0.05, 0.1) is 12.3 Å². The van der Waals surface area contributed by atoms with Crippen LogP contribution in [0.5, 0.6) is 5.75 Å². The molecule has 0 spiro atoms. The summed E-state index contributed by atoms with van der Waals surface area (Å²) < 4.78 is 6.32. The van der Waals surface area contributed by atoms with E-state index in [1.54, 1.807) is 30.5 Å². The van der Waals surface area contributed by atoms with Crippen LogP contribution in [0.25, 0.3) is 0 Å². The van der Waals surface area contributed by atoms with Gasteiger partial charge in [-0.05, 0) is 71.7 Å². The number of nitrogens with one attached hydrogen (secondary N) is 1. The first-order valence-corrected chi connectivity index (χ1v) is 7.86. The highest BCUT2D eigenvalue weighted by Crippen LogP contribution is 2.23. The number of carbonyl (C=O) groups excluding carboxylic acids is 1. The van der Waals surface area contributed by atoms with E-state index >= 15 is 0 Å². The Morgan fingerprint density at radius 1 is 1.23 bits per heavy atom. The van der Waals surface area contributed by atoms with Crippen molar-refractivity contribution < 1.29 is 9.53 Å². The number of aryl methyl sites for hydroxylation is 1. The van der Waals surface area contributed by atoms with Crippen molar-refractivity contribution >= 4 is 27.4 Å². The van der Waals surface area contributed by atoms with Crippen LogP contribution in [0.1, 0.15) is 22.8 Å². The lowest BCUT2D eigenvalue weighted by Gasteiger charge is -2.05. The van der Waals surface area contributed by atoms with Gasteiger partial charge in [-0.3, -0.25) is 4.79 Å². The van der Waals surface area contributed by atoms with E-state index in [4.69, 9.17) is 4.74 Å². The molecule has 1 N–H and O–H groups in total. The van der Waals surface area contributed by atoms with Gasteiger partial charge < -0.3 is 10.1 Å². The number of hydrogen-bond acceptors (Lipinski definition) is 3. The van der Waals surface area contributed by atoms with Gasteiger partial charge in [-0.25, -0.2) is 0 Å². The lowest BCUT2D eigenvalue weighted by atomic mass is 10.1. The standard InChI is InChI=1S/C18H18BrNO2/c1-3-22-15-7-5-14(6-8-15)18(21)10-11-20-17-9-4-13(2)12-16(17)19/h4-12,20H,3H2,1-2H3. The molecule has 2 rings (SSSR count). The zero-order valence-corrected chi connectivity index (χ0v) is 14.2. The normalized spacial score (nSPS) is 10.7. The maximum absolute atomic E-state index is 12.1. The Kier molecular flexibility index (Phi) is 5.78. The van der Waals surface area contributed by atoms with Crippen LogP contribution < -0.4 is 10.1 Å². The Morgan fingerprint density at radius 2 is 1.95 bits per heavy atom. The summed E-state index contributed by atoms with van der Waals surface area (Å²) in [6, 6.07) is 13.1. The highest BCUT2D eigenvalue weighted by atomic mass is 79.9. The van der Waals surface area contributed by atoms with Crippen molar-refractivity contribution in [3.05, 3.63) is 70.3 Å². The molecule has 0 fully saturated rings. The summed E-state index contributed by atoms with van der Waals surface area (Å²) >= 11 is 3.49. The number of ether oxygens (including phenoxy) is 1. The van der Waals surface area contributed by atoms with Gasteiger partial charge >= 0.3 is 0 Å². The summed E-state index contributed by atoms with van der Waals surface area (Å²) in [4.78, 5) is 12.1. The minimum absolute atomic E-state index is 0.0567. The molecule has 22 heavy (non-hydrogen) atoms. The van der Waals surface area contributed by atoms with Crippen LogP contribution in [0.4, 0.5) is 5.69 Å². The second kappa shape index (κ2) is 7.80. The molecule has 0 aliphatic rings. The summed E-state index contributed by atoms with van der Waals surface area (Å²) in [6.07, 6.45) is 3.16. The smallest absolute Gasteiger partial charge is 0.187 e. The predicted octanol–water partition coefficient (Wildman–Crippen LogP) is 4.96. The van der Waals surface area contributed by atoms with Gasteiger partial charge in [0.1, 0.15) is 5.75 Å². The molecule has 0 bridgehead atoms. The van der Waals surface area contributed by atoms with Gasteiger partial charge in [-0.2, -0.15) is 0 Å². The van der Waals surface area contributed by atoms with Gasteiger partial charge in [-0.1, -0.05) is 6.07 Å². The van der Waals surface area contributed by atoms with Crippen molar-refractivity contribution in [2.45, 2.75) is 13.8 Å². The summed E-state index contributed by atoms with van der Waals surface area (Å²) in [5.41, 5.74) is 2.72. The minimum atomic E-state index is -0.0567. The van der Waals surface area contributed by atoms with Crippen LogP contribution in [0.15, 0.2) is 59.2 Å². The van der Waals surface area contributed by atoms with Crippen molar-refractivity contribution in [1.82, 2.24) is 0 Å². The average molecular weight is 360 g/mol. The number of halogens is 1. The van der Waals surface area contributed by atoms with Crippen LogP contribution in [0.3, 0.4) is 0 Å². The summed E-state index contributed by atoms with van der Waals surface area (Å²) in [5, 5.41) is 3.10. The molecule has 4 heteroatoms. The Hall–Kier alpha value is -2.07. The summed E-state index contributed by atoms with van der Waals surface area (Å²) in [7, 11) is 0. The topological polar surface area (TPSA) is 38.3 Å². The predicted molar refractivity (Wildman–Crippen MR) is 93.6 cm³/mol.